The first-order chi connectivity index (χ1) is 8.12. The van der Waals surface area contributed by atoms with E-state index in [9.17, 15) is 0 Å². The minimum Gasteiger partial charge on any atom is -0.339 e. The number of hydrogen-bond donors (Lipinski definition) is 1. The molecule has 1 fully saturated rings. The zero-order valence-corrected chi connectivity index (χ0v) is 10.9. The fraction of sp³-hybridized carbons (Fsp3) is 0.846. The van der Waals surface area contributed by atoms with Crippen LogP contribution < -0.4 is 5.73 Å². The topological polar surface area (TPSA) is 64.9 Å². The Bertz CT molecular complexity index is 353. The molecule has 1 aliphatic carbocycles. The summed E-state index contributed by atoms with van der Waals surface area (Å²) < 4.78 is 5.31. The van der Waals surface area contributed by atoms with Crippen molar-refractivity contribution >= 4 is 0 Å². The molecule has 2 rings (SSSR count). The molecule has 2 N–H and O–H groups in total. The summed E-state index contributed by atoms with van der Waals surface area (Å²) in [5, 5.41) is 4.01. The lowest BCUT2D eigenvalue weighted by Gasteiger charge is -2.19. The van der Waals surface area contributed by atoms with Crippen LogP contribution in [0.2, 0.25) is 0 Å². The van der Waals surface area contributed by atoms with Gasteiger partial charge in [0.15, 0.2) is 5.82 Å². The van der Waals surface area contributed by atoms with Crippen molar-refractivity contribution in [2.45, 2.75) is 64.3 Å². The second kappa shape index (κ2) is 5.17. The average Bonchev–Trinajstić information content (AvgIpc) is 2.80. The van der Waals surface area contributed by atoms with Crippen molar-refractivity contribution in [3.05, 3.63) is 11.7 Å². The van der Waals surface area contributed by atoms with Gasteiger partial charge in [0.1, 0.15) is 0 Å². The van der Waals surface area contributed by atoms with Crippen molar-refractivity contribution in [3.63, 3.8) is 0 Å². The minimum atomic E-state index is -0.464. The molecule has 0 bridgehead atoms. The highest BCUT2D eigenvalue weighted by molar-refractivity contribution is 5.01. The lowest BCUT2D eigenvalue weighted by atomic mass is 9.87. The predicted molar refractivity (Wildman–Crippen MR) is 66.4 cm³/mol. The van der Waals surface area contributed by atoms with E-state index in [1.807, 2.05) is 13.8 Å². The fourth-order valence-electron chi connectivity index (χ4n) is 2.37. The van der Waals surface area contributed by atoms with Crippen LogP contribution in [0.3, 0.4) is 0 Å². The number of hydrogen-bond acceptors (Lipinski definition) is 4. The molecule has 0 aliphatic heterocycles. The number of nitrogens with zero attached hydrogens (tertiary/aromatic N) is 2. The summed E-state index contributed by atoms with van der Waals surface area (Å²) in [5.41, 5.74) is 5.63. The first kappa shape index (κ1) is 12.6. The highest BCUT2D eigenvalue weighted by Gasteiger charge is 2.26. The largest absolute Gasteiger partial charge is 0.339 e. The average molecular weight is 237 g/mol. The third kappa shape index (κ3) is 3.06. The van der Waals surface area contributed by atoms with Gasteiger partial charge >= 0.3 is 0 Å². The maximum absolute atomic E-state index is 6.10. The van der Waals surface area contributed by atoms with Gasteiger partial charge in [-0.3, -0.25) is 0 Å². The Morgan fingerprint density at radius 3 is 2.71 bits per heavy atom. The van der Waals surface area contributed by atoms with Gasteiger partial charge in [-0.25, -0.2) is 0 Å². The molecule has 1 atom stereocenters. The molecule has 0 radical (unpaired) electrons. The lowest BCUT2D eigenvalue weighted by molar-refractivity contribution is 0.300. The van der Waals surface area contributed by atoms with Crippen LogP contribution in [0, 0.1) is 5.92 Å². The fourth-order valence-corrected chi connectivity index (χ4v) is 2.37. The van der Waals surface area contributed by atoms with Crippen LogP contribution in [0.4, 0.5) is 0 Å². The second-order valence-electron chi connectivity index (χ2n) is 5.49. The first-order valence-electron chi connectivity index (χ1n) is 6.74. The van der Waals surface area contributed by atoms with Crippen molar-refractivity contribution in [1.82, 2.24) is 10.1 Å². The van der Waals surface area contributed by atoms with Gasteiger partial charge in [0.2, 0.25) is 5.89 Å². The molecule has 0 spiro atoms. The Hall–Kier alpha value is -0.900. The molecule has 1 aliphatic rings. The molecule has 96 valence electrons. The van der Waals surface area contributed by atoms with Crippen LogP contribution in [0.25, 0.3) is 0 Å². The summed E-state index contributed by atoms with van der Waals surface area (Å²) in [6.07, 6.45) is 8.39. The second-order valence-corrected chi connectivity index (χ2v) is 5.49. The van der Waals surface area contributed by atoms with E-state index in [0.717, 1.165) is 24.7 Å². The number of aromatic nitrogens is 2. The molecule has 1 aromatic heterocycles. The van der Waals surface area contributed by atoms with E-state index in [1.54, 1.807) is 0 Å². The van der Waals surface area contributed by atoms with Gasteiger partial charge in [-0.1, -0.05) is 31.3 Å². The normalized spacial score (nSPS) is 21.4. The summed E-state index contributed by atoms with van der Waals surface area (Å²) in [4.78, 5) is 4.44. The van der Waals surface area contributed by atoms with Crippen molar-refractivity contribution in [2.24, 2.45) is 11.7 Å². The van der Waals surface area contributed by atoms with E-state index >= 15 is 0 Å². The number of rotatable bonds is 4. The van der Waals surface area contributed by atoms with E-state index in [-0.39, 0.29) is 0 Å². The highest BCUT2D eigenvalue weighted by atomic mass is 16.5. The molecule has 4 nitrogen and oxygen atoms in total. The summed E-state index contributed by atoms with van der Waals surface area (Å²) in [5.74, 6) is 2.13. The summed E-state index contributed by atoms with van der Waals surface area (Å²) in [6.45, 7) is 3.99. The summed E-state index contributed by atoms with van der Waals surface area (Å²) in [7, 11) is 0. The quantitative estimate of drug-likeness (QED) is 0.874. The van der Waals surface area contributed by atoms with Crippen LogP contribution in [0.1, 0.15) is 64.1 Å². The Morgan fingerprint density at radius 2 is 2.06 bits per heavy atom. The maximum atomic E-state index is 6.10. The third-order valence-electron chi connectivity index (χ3n) is 3.90. The first-order valence-corrected chi connectivity index (χ1v) is 6.74. The Balaban J connectivity index is 1.98. The minimum absolute atomic E-state index is 0.464. The Morgan fingerprint density at radius 1 is 1.35 bits per heavy atom. The smallest absolute Gasteiger partial charge is 0.226 e. The highest BCUT2D eigenvalue weighted by Crippen LogP contribution is 2.27. The Labute approximate surface area is 103 Å². The monoisotopic (exact) mass is 237 g/mol. The third-order valence-corrected chi connectivity index (χ3v) is 3.90. The van der Waals surface area contributed by atoms with E-state index in [4.69, 9.17) is 10.3 Å². The molecule has 1 saturated carbocycles. The van der Waals surface area contributed by atoms with Crippen molar-refractivity contribution < 1.29 is 4.52 Å². The van der Waals surface area contributed by atoms with Gasteiger partial charge in [-0.15, -0.1) is 0 Å². The zero-order chi connectivity index (χ0) is 12.3. The van der Waals surface area contributed by atoms with E-state index in [2.05, 4.69) is 10.1 Å². The summed E-state index contributed by atoms with van der Waals surface area (Å²) >= 11 is 0. The molecule has 1 unspecified atom stereocenters. The van der Waals surface area contributed by atoms with Gasteiger partial charge in [0, 0.05) is 6.42 Å². The molecule has 1 heterocycles. The van der Waals surface area contributed by atoms with Crippen LogP contribution in [-0.2, 0) is 12.0 Å². The van der Waals surface area contributed by atoms with Crippen LogP contribution in [-0.4, -0.2) is 10.1 Å². The van der Waals surface area contributed by atoms with Gasteiger partial charge in [-0.05, 0) is 32.1 Å². The predicted octanol–water partition coefficient (Wildman–Crippen LogP) is 2.78. The van der Waals surface area contributed by atoms with Gasteiger partial charge in [0.05, 0.1) is 5.54 Å². The maximum Gasteiger partial charge on any atom is 0.226 e. The van der Waals surface area contributed by atoms with Crippen molar-refractivity contribution in [3.8, 4) is 0 Å². The van der Waals surface area contributed by atoms with Gasteiger partial charge in [0.25, 0.3) is 0 Å². The molecule has 0 saturated heterocycles. The number of nitrogens with two attached hydrogens (primary N) is 1. The van der Waals surface area contributed by atoms with Crippen molar-refractivity contribution in [1.29, 1.82) is 0 Å². The molecule has 1 aromatic rings. The van der Waals surface area contributed by atoms with Gasteiger partial charge in [-0.2, -0.15) is 4.98 Å². The van der Waals surface area contributed by atoms with Crippen LogP contribution in [0.5, 0.6) is 0 Å². The van der Waals surface area contributed by atoms with Gasteiger partial charge < -0.3 is 10.3 Å². The van der Waals surface area contributed by atoms with E-state index in [0.29, 0.717) is 5.82 Å². The van der Waals surface area contributed by atoms with Crippen LogP contribution in [0.15, 0.2) is 4.52 Å². The standard InChI is InChI=1S/C13H23N3O/c1-3-13(2,14)12-15-11(17-16-12)9-10-7-5-4-6-8-10/h10H,3-9,14H2,1-2H3. The van der Waals surface area contributed by atoms with Crippen molar-refractivity contribution in [2.75, 3.05) is 0 Å². The molecule has 17 heavy (non-hydrogen) atoms. The van der Waals surface area contributed by atoms with E-state index < -0.39 is 5.54 Å². The molecule has 0 aromatic carbocycles. The van der Waals surface area contributed by atoms with Crippen LogP contribution >= 0.6 is 0 Å². The van der Waals surface area contributed by atoms with E-state index in [1.165, 1.54) is 32.1 Å². The molecule has 0 amide bonds. The SMILES string of the molecule is CCC(C)(N)c1noc(CC2CCCCC2)n1. The molecular weight excluding hydrogens is 214 g/mol. The molecular formula is C13H23N3O. The zero-order valence-electron chi connectivity index (χ0n) is 10.9. The lowest BCUT2D eigenvalue weighted by Crippen LogP contribution is -2.33. The Kier molecular flexibility index (Phi) is 3.82. The summed E-state index contributed by atoms with van der Waals surface area (Å²) in [6, 6.07) is 0. The molecule has 4 heteroatoms.